The predicted octanol–water partition coefficient (Wildman–Crippen LogP) is 0.786. The van der Waals surface area contributed by atoms with E-state index in [1.54, 1.807) is 0 Å². The molecule has 0 spiro atoms. The zero-order chi connectivity index (χ0) is 10.0. The fourth-order valence-corrected chi connectivity index (χ4v) is 4.21. The van der Waals surface area contributed by atoms with E-state index in [1.807, 2.05) is 16.7 Å². The predicted molar refractivity (Wildman–Crippen MR) is 54.4 cm³/mol. The molecule has 0 aliphatic carbocycles. The van der Waals surface area contributed by atoms with Crippen LogP contribution in [0, 0.1) is 0 Å². The van der Waals surface area contributed by atoms with Crippen molar-refractivity contribution >= 4 is 17.7 Å². The Kier molecular flexibility index (Phi) is 1.60. The first-order chi connectivity index (χ1) is 5.81. The van der Waals surface area contributed by atoms with Gasteiger partial charge in [-0.1, -0.05) is 0 Å². The van der Waals surface area contributed by atoms with E-state index >= 15 is 0 Å². The molecule has 2 heterocycles. The maximum Gasteiger partial charge on any atom is 0.244 e. The van der Waals surface area contributed by atoms with Gasteiger partial charge in [0.25, 0.3) is 0 Å². The molecule has 74 valence electrons. The fraction of sp³-hybridized carbons (Fsp3) is 0.889. The number of nitrogens with zero attached hydrogens (tertiary/aromatic N) is 1. The molecule has 2 N–H and O–H groups in total. The zero-order valence-corrected chi connectivity index (χ0v) is 9.31. The lowest BCUT2D eigenvalue weighted by Crippen LogP contribution is -2.73. The van der Waals surface area contributed by atoms with Crippen molar-refractivity contribution in [2.45, 2.75) is 49.4 Å². The van der Waals surface area contributed by atoms with Gasteiger partial charge in [0.2, 0.25) is 5.91 Å². The topological polar surface area (TPSA) is 46.3 Å². The molecular formula is C9H16N2OS. The Hall–Kier alpha value is -0.220. The first-order valence-corrected chi connectivity index (χ1v) is 5.41. The van der Waals surface area contributed by atoms with Gasteiger partial charge in [0.1, 0.15) is 10.9 Å². The van der Waals surface area contributed by atoms with E-state index in [0.29, 0.717) is 0 Å². The molecule has 1 amide bonds. The summed E-state index contributed by atoms with van der Waals surface area (Å²) in [5.41, 5.74) is 5.81. The number of fused-ring (bicyclic) bond motifs is 1. The lowest BCUT2D eigenvalue weighted by molar-refractivity contribution is -0.153. The number of amides is 1. The van der Waals surface area contributed by atoms with Crippen molar-refractivity contribution in [2.75, 3.05) is 0 Å². The molecule has 2 fully saturated rings. The summed E-state index contributed by atoms with van der Waals surface area (Å²) in [6, 6.07) is -0.0171. The van der Waals surface area contributed by atoms with Gasteiger partial charge >= 0.3 is 0 Å². The summed E-state index contributed by atoms with van der Waals surface area (Å²) in [5.74, 6) is 0.105. The second kappa shape index (κ2) is 2.23. The molecule has 3 atom stereocenters. The minimum atomic E-state index is -0.304. The SMILES string of the molecule is CC1N2C(=O)C(N)C2(C)SC1(C)C. The molecule has 2 saturated heterocycles. The van der Waals surface area contributed by atoms with Crippen LogP contribution in [0.1, 0.15) is 27.7 Å². The Morgan fingerprint density at radius 2 is 2.00 bits per heavy atom. The Morgan fingerprint density at radius 1 is 1.46 bits per heavy atom. The van der Waals surface area contributed by atoms with Gasteiger partial charge in [-0.2, -0.15) is 0 Å². The second-order valence-corrected chi connectivity index (χ2v) is 6.70. The van der Waals surface area contributed by atoms with Gasteiger partial charge in [0.05, 0.1) is 0 Å². The van der Waals surface area contributed by atoms with Crippen LogP contribution in [0.3, 0.4) is 0 Å². The maximum atomic E-state index is 11.5. The van der Waals surface area contributed by atoms with Crippen LogP contribution < -0.4 is 5.73 Å². The molecule has 3 nitrogen and oxygen atoms in total. The number of carbonyl (C=O) groups is 1. The molecule has 2 rings (SSSR count). The number of thioether (sulfide) groups is 1. The highest BCUT2D eigenvalue weighted by Crippen LogP contribution is 2.57. The highest BCUT2D eigenvalue weighted by Gasteiger charge is 2.66. The summed E-state index contributed by atoms with van der Waals surface area (Å²) < 4.78 is 0.124. The third-order valence-electron chi connectivity index (χ3n) is 3.42. The minimum Gasteiger partial charge on any atom is -0.321 e. The summed E-state index contributed by atoms with van der Waals surface area (Å²) in [5, 5.41) is 0. The molecule has 0 aromatic carbocycles. The van der Waals surface area contributed by atoms with Crippen LogP contribution in [-0.4, -0.2) is 32.5 Å². The van der Waals surface area contributed by atoms with Gasteiger partial charge in [-0.15, -0.1) is 11.8 Å². The lowest BCUT2D eigenvalue weighted by Gasteiger charge is -2.50. The van der Waals surface area contributed by atoms with E-state index in [-0.39, 0.29) is 27.6 Å². The average Bonchev–Trinajstić information content (AvgIpc) is 2.17. The van der Waals surface area contributed by atoms with Crippen LogP contribution >= 0.6 is 11.8 Å². The second-order valence-electron chi connectivity index (χ2n) is 4.62. The lowest BCUT2D eigenvalue weighted by atomic mass is 9.91. The van der Waals surface area contributed by atoms with E-state index in [4.69, 9.17) is 5.73 Å². The summed E-state index contributed by atoms with van der Waals surface area (Å²) >= 11 is 1.82. The van der Waals surface area contributed by atoms with Crippen molar-refractivity contribution in [3.05, 3.63) is 0 Å². The fourth-order valence-electron chi connectivity index (χ4n) is 2.30. The minimum absolute atomic E-state index is 0.105. The van der Waals surface area contributed by atoms with Gasteiger partial charge in [0.15, 0.2) is 0 Å². The standard InChI is InChI=1S/C9H16N2OS/c1-5-8(2,3)13-9(4)6(10)7(12)11(5)9/h5-6H,10H2,1-4H3. The van der Waals surface area contributed by atoms with E-state index in [1.165, 1.54) is 0 Å². The van der Waals surface area contributed by atoms with Crippen molar-refractivity contribution in [1.29, 1.82) is 0 Å². The quantitative estimate of drug-likeness (QED) is 0.588. The van der Waals surface area contributed by atoms with Crippen LogP contribution in [0.2, 0.25) is 0 Å². The number of hydrogen-bond donors (Lipinski definition) is 1. The first-order valence-electron chi connectivity index (χ1n) is 4.59. The molecule has 0 bridgehead atoms. The number of nitrogens with two attached hydrogens (primary N) is 1. The van der Waals surface area contributed by atoms with Crippen molar-refractivity contribution in [3.8, 4) is 0 Å². The first kappa shape index (κ1) is 9.34. The molecule has 0 aromatic rings. The average molecular weight is 200 g/mol. The zero-order valence-electron chi connectivity index (χ0n) is 8.50. The molecule has 2 aliphatic rings. The highest BCUT2D eigenvalue weighted by molar-refractivity contribution is 8.02. The van der Waals surface area contributed by atoms with Crippen LogP contribution in [0.5, 0.6) is 0 Å². The Morgan fingerprint density at radius 3 is 2.46 bits per heavy atom. The number of rotatable bonds is 0. The molecule has 0 saturated carbocycles. The Labute approximate surface area is 83.0 Å². The van der Waals surface area contributed by atoms with E-state index in [9.17, 15) is 4.79 Å². The molecule has 2 aliphatic heterocycles. The van der Waals surface area contributed by atoms with E-state index < -0.39 is 0 Å². The van der Waals surface area contributed by atoms with E-state index in [0.717, 1.165) is 0 Å². The van der Waals surface area contributed by atoms with Crippen LogP contribution in [-0.2, 0) is 4.79 Å². The molecular weight excluding hydrogens is 184 g/mol. The summed E-state index contributed by atoms with van der Waals surface area (Å²) in [7, 11) is 0. The molecule has 4 heteroatoms. The molecule has 0 aromatic heterocycles. The van der Waals surface area contributed by atoms with Crippen LogP contribution in [0.4, 0.5) is 0 Å². The van der Waals surface area contributed by atoms with Crippen molar-refractivity contribution in [1.82, 2.24) is 4.90 Å². The van der Waals surface area contributed by atoms with Crippen molar-refractivity contribution in [2.24, 2.45) is 5.73 Å². The Bertz CT molecular complexity index is 279. The van der Waals surface area contributed by atoms with Gasteiger partial charge in [0, 0.05) is 10.8 Å². The normalized spacial score (nSPS) is 47.5. The van der Waals surface area contributed by atoms with Gasteiger partial charge in [-0.05, 0) is 27.7 Å². The smallest absolute Gasteiger partial charge is 0.244 e. The van der Waals surface area contributed by atoms with Crippen LogP contribution in [0.15, 0.2) is 0 Å². The van der Waals surface area contributed by atoms with Gasteiger partial charge in [-0.3, -0.25) is 4.79 Å². The highest BCUT2D eigenvalue weighted by atomic mass is 32.2. The monoisotopic (exact) mass is 200 g/mol. The third-order valence-corrected chi connectivity index (χ3v) is 5.15. The van der Waals surface area contributed by atoms with Gasteiger partial charge in [-0.25, -0.2) is 0 Å². The number of β-lactam (4-membered cyclic amide) rings is 1. The third kappa shape index (κ3) is 0.880. The van der Waals surface area contributed by atoms with Crippen molar-refractivity contribution in [3.63, 3.8) is 0 Å². The molecule has 13 heavy (non-hydrogen) atoms. The maximum absolute atomic E-state index is 11.5. The van der Waals surface area contributed by atoms with Crippen LogP contribution in [0.25, 0.3) is 0 Å². The Balaban J connectivity index is 2.36. The van der Waals surface area contributed by atoms with E-state index in [2.05, 4.69) is 27.7 Å². The number of carbonyl (C=O) groups excluding carboxylic acids is 1. The summed E-state index contributed by atoms with van der Waals surface area (Å²) in [6.45, 7) is 8.51. The molecule has 3 unspecified atom stereocenters. The largest absolute Gasteiger partial charge is 0.321 e. The number of hydrogen-bond acceptors (Lipinski definition) is 3. The van der Waals surface area contributed by atoms with Crippen molar-refractivity contribution < 1.29 is 4.79 Å². The molecule has 0 radical (unpaired) electrons. The summed E-state index contributed by atoms with van der Waals surface area (Å²) in [4.78, 5) is 13.3. The van der Waals surface area contributed by atoms with Gasteiger partial charge < -0.3 is 10.6 Å². The summed E-state index contributed by atoms with van der Waals surface area (Å²) in [6.07, 6.45) is 0.